The Kier molecular flexibility index (Phi) is 7.06. The van der Waals surface area contributed by atoms with Gasteiger partial charge in [0, 0.05) is 24.4 Å². The minimum Gasteiger partial charge on any atom is -0.497 e. The van der Waals surface area contributed by atoms with E-state index in [9.17, 15) is 9.59 Å². The molecule has 4 aromatic rings. The fourth-order valence-electron chi connectivity index (χ4n) is 4.22. The highest BCUT2D eigenvalue weighted by Gasteiger charge is 2.20. The topological polar surface area (TPSA) is 73.7 Å². The SMILES string of the molecule is COc1ccc(-n2c(SCc3ccccc3C)nc3cc(C(=O)N4CCOCC4)ccc3c2=O)cc1. The first kappa shape index (κ1) is 24.1. The summed E-state index contributed by atoms with van der Waals surface area (Å²) in [4.78, 5) is 33.4. The Morgan fingerprint density at radius 3 is 2.53 bits per heavy atom. The van der Waals surface area contributed by atoms with E-state index in [0.29, 0.717) is 65.1 Å². The zero-order valence-corrected chi connectivity index (χ0v) is 21.1. The van der Waals surface area contributed by atoms with Gasteiger partial charge in [-0.3, -0.25) is 14.2 Å². The summed E-state index contributed by atoms with van der Waals surface area (Å²) in [6, 6.07) is 20.7. The van der Waals surface area contributed by atoms with Gasteiger partial charge >= 0.3 is 0 Å². The van der Waals surface area contributed by atoms with E-state index in [4.69, 9.17) is 14.5 Å². The molecule has 0 bridgehead atoms. The molecule has 1 aromatic heterocycles. The van der Waals surface area contributed by atoms with E-state index in [2.05, 4.69) is 19.1 Å². The van der Waals surface area contributed by atoms with E-state index >= 15 is 0 Å². The van der Waals surface area contributed by atoms with E-state index in [1.165, 1.54) is 22.9 Å². The van der Waals surface area contributed by atoms with Crippen LogP contribution in [-0.4, -0.2) is 53.8 Å². The molecule has 7 nitrogen and oxygen atoms in total. The summed E-state index contributed by atoms with van der Waals surface area (Å²) in [6.45, 7) is 4.25. The normalized spacial score (nSPS) is 13.7. The van der Waals surface area contributed by atoms with E-state index in [0.717, 1.165) is 0 Å². The molecule has 0 unspecified atom stereocenters. The number of morpholine rings is 1. The first-order valence-corrected chi connectivity index (χ1v) is 12.8. The lowest BCUT2D eigenvalue weighted by Gasteiger charge is -2.26. The van der Waals surface area contributed by atoms with Crippen molar-refractivity contribution >= 4 is 28.6 Å². The molecular formula is C28H27N3O4S. The molecule has 36 heavy (non-hydrogen) atoms. The number of hydrogen-bond donors (Lipinski definition) is 0. The minimum atomic E-state index is -0.178. The Morgan fingerprint density at radius 1 is 1.06 bits per heavy atom. The molecule has 1 saturated heterocycles. The molecule has 1 aliphatic heterocycles. The van der Waals surface area contributed by atoms with Crippen molar-refractivity contribution in [2.45, 2.75) is 17.8 Å². The third kappa shape index (κ3) is 4.87. The number of aromatic nitrogens is 2. The lowest BCUT2D eigenvalue weighted by atomic mass is 10.1. The van der Waals surface area contributed by atoms with Crippen LogP contribution in [-0.2, 0) is 10.5 Å². The molecule has 5 rings (SSSR count). The highest BCUT2D eigenvalue weighted by Crippen LogP contribution is 2.27. The Hall–Kier alpha value is -3.62. The van der Waals surface area contributed by atoms with Crippen molar-refractivity contribution in [3.05, 3.63) is 93.8 Å². The number of thioether (sulfide) groups is 1. The van der Waals surface area contributed by atoms with Crippen LogP contribution in [0.25, 0.3) is 16.6 Å². The number of aryl methyl sites for hydroxylation is 1. The first-order chi connectivity index (χ1) is 17.5. The Bertz CT molecular complexity index is 1460. The molecule has 0 atom stereocenters. The summed E-state index contributed by atoms with van der Waals surface area (Å²) in [5.41, 5.74) is 3.92. The van der Waals surface area contributed by atoms with Crippen LogP contribution in [0.1, 0.15) is 21.5 Å². The van der Waals surface area contributed by atoms with Crippen molar-refractivity contribution in [1.29, 1.82) is 0 Å². The number of ether oxygens (including phenoxy) is 2. The molecule has 0 aliphatic carbocycles. The monoisotopic (exact) mass is 501 g/mol. The first-order valence-electron chi connectivity index (χ1n) is 11.8. The molecular weight excluding hydrogens is 474 g/mol. The van der Waals surface area contributed by atoms with Crippen molar-refractivity contribution in [3.63, 3.8) is 0 Å². The third-order valence-electron chi connectivity index (χ3n) is 6.33. The van der Waals surface area contributed by atoms with E-state index < -0.39 is 0 Å². The number of hydrogen-bond acceptors (Lipinski definition) is 6. The van der Waals surface area contributed by atoms with E-state index in [1.54, 1.807) is 34.8 Å². The molecule has 0 N–H and O–H groups in total. The highest BCUT2D eigenvalue weighted by atomic mass is 32.2. The quantitative estimate of drug-likeness (QED) is 0.287. The summed E-state index contributed by atoms with van der Waals surface area (Å²) in [5, 5.41) is 1.03. The predicted molar refractivity (Wildman–Crippen MR) is 141 cm³/mol. The van der Waals surface area contributed by atoms with Crippen molar-refractivity contribution in [2.75, 3.05) is 33.4 Å². The number of fused-ring (bicyclic) bond motifs is 1. The standard InChI is InChI=1S/C28H27N3O4S/c1-19-5-3-4-6-21(19)18-36-28-29-25-17-20(26(32)30-13-15-35-16-14-30)7-12-24(25)27(33)31(28)22-8-10-23(34-2)11-9-22/h3-12,17H,13-16,18H2,1-2H3. The predicted octanol–water partition coefficient (Wildman–Crippen LogP) is 4.47. The lowest BCUT2D eigenvalue weighted by molar-refractivity contribution is 0.0303. The number of rotatable bonds is 6. The smallest absolute Gasteiger partial charge is 0.266 e. The Labute approximate surface area is 213 Å². The number of amides is 1. The van der Waals surface area contributed by atoms with E-state index in [-0.39, 0.29) is 11.5 Å². The fourth-order valence-corrected chi connectivity index (χ4v) is 5.31. The van der Waals surface area contributed by atoms with Crippen LogP contribution in [0.3, 0.4) is 0 Å². The van der Waals surface area contributed by atoms with Gasteiger partial charge < -0.3 is 14.4 Å². The van der Waals surface area contributed by atoms with Crippen molar-refractivity contribution < 1.29 is 14.3 Å². The Balaban J connectivity index is 1.59. The molecule has 3 aromatic carbocycles. The van der Waals surface area contributed by atoms with Gasteiger partial charge in [0.2, 0.25) is 0 Å². The summed E-state index contributed by atoms with van der Waals surface area (Å²) < 4.78 is 12.3. The zero-order valence-electron chi connectivity index (χ0n) is 20.3. The minimum absolute atomic E-state index is 0.0737. The molecule has 8 heteroatoms. The van der Waals surface area contributed by atoms with Crippen LogP contribution in [0.15, 0.2) is 76.7 Å². The Morgan fingerprint density at radius 2 is 1.81 bits per heavy atom. The van der Waals surface area contributed by atoms with Crippen LogP contribution in [0, 0.1) is 6.92 Å². The molecule has 1 aliphatic rings. The zero-order chi connectivity index (χ0) is 25.1. The van der Waals surface area contributed by atoms with Gasteiger partial charge in [0.15, 0.2) is 5.16 Å². The second-order valence-corrected chi connectivity index (χ2v) is 9.53. The van der Waals surface area contributed by atoms with Gasteiger partial charge in [-0.15, -0.1) is 0 Å². The number of nitrogens with zero attached hydrogens (tertiary/aromatic N) is 3. The molecule has 1 amide bonds. The number of benzene rings is 3. The summed E-state index contributed by atoms with van der Waals surface area (Å²) in [5.74, 6) is 1.30. The van der Waals surface area contributed by atoms with Gasteiger partial charge in [0.1, 0.15) is 5.75 Å². The average molecular weight is 502 g/mol. The molecule has 0 saturated carbocycles. The van der Waals surface area contributed by atoms with Gasteiger partial charge in [-0.25, -0.2) is 4.98 Å². The number of methoxy groups -OCH3 is 1. The second kappa shape index (κ2) is 10.6. The third-order valence-corrected chi connectivity index (χ3v) is 7.32. The molecule has 1 fully saturated rings. The maximum Gasteiger partial charge on any atom is 0.266 e. The van der Waals surface area contributed by atoms with Crippen molar-refractivity contribution in [2.24, 2.45) is 0 Å². The van der Waals surface area contributed by atoms with Gasteiger partial charge in [-0.2, -0.15) is 0 Å². The number of carbonyl (C=O) groups excluding carboxylic acids is 1. The summed E-state index contributed by atoms with van der Waals surface area (Å²) in [6.07, 6.45) is 0. The maximum atomic E-state index is 13.7. The van der Waals surface area contributed by atoms with Crippen molar-refractivity contribution in [1.82, 2.24) is 14.5 Å². The largest absolute Gasteiger partial charge is 0.497 e. The fraction of sp³-hybridized carbons (Fsp3) is 0.250. The van der Waals surface area contributed by atoms with Gasteiger partial charge in [-0.1, -0.05) is 36.0 Å². The van der Waals surface area contributed by atoms with Crippen LogP contribution in [0.5, 0.6) is 5.75 Å². The number of carbonyl (C=O) groups is 1. The van der Waals surface area contributed by atoms with Crippen LogP contribution < -0.4 is 10.3 Å². The highest BCUT2D eigenvalue weighted by molar-refractivity contribution is 7.98. The average Bonchev–Trinajstić information content (AvgIpc) is 2.92. The molecule has 184 valence electrons. The maximum absolute atomic E-state index is 13.7. The summed E-state index contributed by atoms with van der Waals surface area (Å²) >= 11 is 1.50. The van der Waals surface area contributed by atoms with Gasteiger partial charge in [0.25, 0.3) is 11.5 Å². The van der Waals surface area contributed by atoms with Crippen LogP contribution >= 0.6 is 11.8 Å². The van der Waals surface area contributed by atoms with Crippen molar-refractivity contribution in [3.8, 4) is 11.4 Å². The molecule has 0 spiro atoms. The van der Waals surface area contributed by atoms with Gasteiger partial charge in [-0.05, 0) is 60.5 Å². The summed E-state index contributed by atoms with van der Waals surface area (Å²) in [7, 11) is 1.61. The van der Waals surface area contributed by atoms with E-state index in [1.807, 2.05) is 36.4 Å². The lowest BCUT2D eigenvalue weighted by Crippen LogP contribution is -2.40. The molecule has 0 radical (unpaired) electrons. The molecule has 2 heterocycles. The van der Waals surface area contributed by atoms with Crippen LogP contribution in [0.2, 0.25) is 0 Å². The van der Waals surface area contributed by atoms with Gasteiger partial charge in [0.05, 0.1) is 36.9 Å². The second-order valence-electron chi connectivity index (χ2n) is 8.58. The van der Waals surface area contributed by atoms with Crippen LogP contribution in [0.4, 0.5) is 0 Å².